The van der Waals surface area contributed by atoms with E-state index < -0.39 is 11.2 Å². The number of halogens is 1. The number of unbranched alkanes of at least 4 members (excludes halogenated alkanes) is 2. The van der Waals surface area contributed by atoms with E-state index in [4.69, 9.17) is 11.6 Å². The molecule has 0 aliphatic heterocycles. The number of aryl methyl sites for hydroxylation is 2. The largest absolute Gasteiger partial charge is 0.329 e. The fraction of sp³-hybridized carbons (Fsp3) is 0.389. The molecule has 0 fully saturated rings. The molecule has 2 heterocycles. The molecule has 3 rings (SSSR count). The van der Waals surface area contributed by atoms with E-state index in [1.807, 2.05) is 28.8 Å². The monoisotopic (exact) mass is 392 g/mol. The average Bonchev–Trinajstić information content (AvgIpc) is 2.99. The molecule has 26 heavy (non-hydrogen) atoms. The van der Waals surface area contributed by atoms with Crippen LogP contribution >= 0.6 is 23.4 Å². The standard InChI is InChI=1S/C18H21ClN4O2S/c1-3-4-7-10-23-14-15(22(2)17(25)21-16(14)24)20-18(23)26-11-12-8-5-6-9-13(12)19/h5-6,8-9H,3-4,7,10-11H2,1-2H3,(H,21,24,25). The number of hydrogen-bond acceptors (Lipinski definition) is 4. The third-order valence-corrected chi connectivity index (χ3v) is 5.67. The van der Waals surface area contributed by atoms with E-state index in [1.165, 1.54) is 16.3 Å². The van der Waals surface area contributed by atoms with Gasteiger partial charge in [0.05, 0.1) is 0 Å². The third kappa shape index (κ3) is 3.73. The van der Waals surface area contributed by atoms with Gasteiger partial charge in [0.2, 0.25) is 0 Å². The van der Waals surface area contributed by atoms with Crippen LogP contribution in [0.4, 0.5) is 0 Å². The Labute approximate surface area is 160 Å². The number of nitrogens with one attached hydrogen (secondary N) is 1. The van der Waals surface area contributed by atoms with Gasteiger partial charge in [-0.2, -0.15) is 0 Å². The van der Waals surface area contributed by atoms with E-state index in [0.717, 1.165) is 30.0 Å². The summed E-state index contributed by atoms with van der Waals surface area (Å²) in [4.78, 5) is 31.2. The van der Waals surface area contributed by atoms with Crippen molar-refractivity contribution in [2.45, 2.75) is 43.6 Å². The summed E-state index contributed by atoms with van der Waals surface area (Å²) in [6.07, 6.45) is 3.10. The molecular formula is C18H21ClN4O2S. The summed E-state index contributed by atoms with van der Waals surface area (Å²) in [6.45, 7) is 2.83. The molecule has 0 saturated heterocycles. The molecule has 0 amide bonds. The third-order valence-electron chi connectivity index (χ3n) is 4.27. The molecule has 0 atom stereocenters. The van der Waals surface area contributed by atoms with Crippen LogP contribution in [-0.4, -0.2) is 19.1 Å². The van der Waals surface area contributed by atoms with Crippen LogP contribution in [0.1, 0.15) is 31.7 Å². The normalized spacial score (nSPS) is 11.3. The summed E-state index contributed by atoms with van der Waals surface area (Å²) in [5.74, 6) is 0.641. The molecule has 2 aromatic heterocycles. The lowest BCUT2D eigenvalue weighted by atomic mass is 10.2. The van der Waals surface area contributed by atoms with Gasteiger partial charge in [0.15, 0.2) is 16.3 Å². The second kappa shape index (κ2) is 8.14. The lowest BCUT2D eigenvalue weighted by Crippen LogP contribution is -2.29. The molecule has 0 radical (unpaired) electrons. The summed E-state index contributed by atoms with van der Waals surface area (Å²) in [5.41, 5.74) is 1.02. The summed E-state index contributed by atoms with van der Waals surface area (Å²) in [6, 6.07) is 7.67. The maximum atomic E-state index is 12.4. The molecule has 6 nitrogen and oxygen atoms in total. The fourth-order valence-electron chi connectivity index (χ4n) is 2.81. The Morgan fingerprint density at radius 2 is 2.00 bits per heavy atom. The number of H-pyrrole nitrogens is 1. The van der Waals surface area contributed by atoms with Crippen molar-refractivity contribution < 1.29 is 0 Å². The van der Waals surface area contributed by atoms with Gasteiger partial charge in [0, 0.05) is 24.4 Å². The van der Waals surface area contributed by atoms with E-state index >= 15 is 0 Å². The summed E-state index contributed by atoms with van der Waals surface area (Å²) < 4.78 is 3.30. The first-order valence-corrected chi connectivity index (χ1v) is 9.95. The van der Waals surface area contributed by atoms with Gasteiger partial charge < -0.3 is 4.57 Å². The van der Waals surface area contributed by atoms with Crippen molar-refractivity contribution in [2.75, 3.05) is 0 Å². The molecular weight excluding hydrogens is 372 g/mol. The molecule has 8 heteroatoms. The van der Waals surface area contributed by atoms with Crippen LogP contribution in [0.15, 0.2) is 39.0 Å². The van der Waals surface area contributed by atoms with Crippen LogP contribution in [0, 0.1) is 0 Å². The molecule has 3 aromatic rings. The summed E-state index contributed by atoms with van der Waals surface area (Å²) in [7, 11) is 1.62. The van der Waals surface area contributed by atoms with Crippen molar-refractivity contribution in [3.8, 4) is 0 Å². The highest BCUT2D eigenvalue weighted by atomic mass is 35.5. The Kier molecular flexibility index (Phi) is 5.88. The highest BCUT2D eigenvalue weighted by Gasteiger charge is 2.17. The number of imidazole rings is 1. The number of thioether (sulfide) groups is 1. The average molecular weight is 393 g/mol. The first-order valence-electron chi connectivity index (χ1n) is 8.58. The van der Waals surface area contributed by atoms with Crippen LogP contribution in [0.25, 0.3) is 11.2 Å². The zero-order valence-corrected chi connectivity index (χ0v) is 16.4. The highest BCUT2D eigenvalue weighted by molar-refractivity contribution is 7.98. The van der Waals surface area contributed by atoms with E-state index in [9.17, 15) is 9.59 Å². The first kappa shape index (κ1) is 18.8. The van der Waals surface area contributed by atoms with Crippen LogP contribution in [0.5, 0.6) is 0 Å². The zero-order chi connectivity index (χ0) is 18.7. The van der Waals surface area contributed by atoms with Crippen LogP contribution in [0.3, 0.4) is 0 Å². The molecule has 0 bridgehead atoms. The Bertz CT molecular complexity index is 1040. The van der Waals surface area contributed by atoms with E-state index in [-0.39, 0.29) is 0 Å². The van der Waals surface area contributed by atoms with Crippen molar-refractivity contribution >= 4 is 34.5 Å². The Morgan fingerprint density at radius 3 is 2.73 bits per heavy atom. The molecule has 0 saturated carbocycles. The number of nitrogens with zero attached hydrogens (tertiary/aromatic N) is 3. The second-order valence-corrected chi connectivity index (χ2v) is 7.47. The molecule has 0 unspecified atom stereocenters. The van der Waals surface area contributed by atoms with Gasteiger partial charge in [0.25, 0.3) is 5.56 Å². The SMILES string of the molecule is CCCCCn1c(SCc2ccccc2Cl)nc2c1c(=O)[nH]c(=O)n2C. The minimum absolute atomic E-state index is 0.392. The van der Waals surface area contributed by atoms with Gasteiger partial charge in [-0.1, -0.05) is 61.3 Å². The topological polar surface area (TPSA) is 72.7 Å². The molecule has 0 spiro atoms. The minimum Gasteiger partial charge on any atom is -0.313 e. The Balaban J connectivity index is 2.02. The smallest absolute Gasteiger partial charge is 0.313 e. The van der Waals surface area contributed by atoms with E-state index in [0.29, 0.717) is 28.5 Å². The highest BCUT2D eigenvalue weighted by Crippen LogP contribution is 2.28. The van der Waals surface area contributed by atoms with Gasteiger partial charge in [0.1, 0.15) is 0 Å². The number of aromatic nitrogens is 4. The Morgan fingerprint density at radius 1 is 1.23 bits per heavy atom. The van der Waals surface area contributed by atoms with E-state index in [1.54, 1.807) is 7.05 Å². The fourth-order valence-corrected chi connectivity index (χ4v) is 4.12. The maximum absolute atomic E-state index is 12.4. The predicted molar refractivity (Wildman–Crippen MR) is 106 cm³/mol. The molecule has 138 valence electrons. The quantitative estimate of drug-likeness (QED) is 0.493. The van der Waals surface area contributed by atoms with Gasteiger partial charge in [-0.05, 0) is 18.1 Å². The lowest BCUT2D eigenvalue weighted by molar-refractivity contribution is 0.577. The zero-order valence-electron chi connectivity index (χ0n) is 14.8. The van der Waals surface area contributed by atoms with Crippen LogP contribution in [-0.2, 0) is 19.3 Å². The van der Waals surface area contributed by atoms with Crippen molar-refractivity contribution in [1.82, 2.24) is 19.1 Å². The summed E-state index contributed by atoms with van der Waals surface area (Å²) >= 11 is 7.76. The van der Waals surface area contributed by atoms with Gasteiger partial charge in [-0.3, -0.25) is 14.3 Å². The number of benzene rings is 1. The van der Waals surface area contributed by atoms with Gasteiger partial charge in [-0.15, -0.1) is 0 Å². The molecule has 1 N–H and O–H groups in total. The van der Waals surface area contributed by atoms with Crippen LogP contribution < -0.4 is 11.2 Å². The van der Waals surface area contributed by atoms with Crippen molar-refractivity contribution in [2.24, 2.45) is 7.05 Å². The van der Waals surface area contributed by atoms with Gasteiger partial charge in [-0.25, -0.2) is 9.78 Å². The van der Waals surface area contributed by atoms with Crippen molar-refractivity contribution in [3.05, 3.63) is 55.7 Å². The van der Waals surface area contributed by atoms with Crippen molar-refractivity contribution in [1.29, 1.82) is 0 Å². The molecule has 0 aliphatic rings. The maximum Gasteiger partial charge on any atom is 0.329 e. The molecule has 1 aromatic carbocycles. The minimum atomic E-state index is -0.455. The summed E-state index contributed by atoms with van der Waals surface area (Å²) in [5, 5.41) is 1.43. The Hall–Kier alpha value is -1.99. The number of aromatic amines is 1. The number of fused-ring (bicyclic) bond motifs is 1. The van der Waals surface area contributed by atoms with Crippen molar-refractivity contribution in [3.63, 3.8) is 0 Å². The predicted octanol–water partition coefficient (Wildman–Crippen LogP) is 3.56. The number of rotatable bonds is 7. The van der Waals surface area contributed by atoms with Gasteiger partial charge >= 0.3 is 5.69 Å². The molecule has 0 aliphatic carbocycles. The second-order valence-electron chi connectivity index (χ2n) is 6.12. The van der Waals surface area contributed by atoms with E-state index in [2.05, 4.69) is 16.9 Å². The first-order chi connectivity index (χ1) is 12.5. The lowest BCUT2D eigenvalue weighted by Gasteiger charge is -2.08. The van der Waals surface area contributed by atoms with Crippen LogP contribution in [0.2, 0.25) is 5.02 Å². The number of hydrogen-bond donors (Lipinski definition) is 1.